The van der Waals surface area contributed by atoms with E-state index in [9.17, 15) is 18.0 Å². The lowest BCUT2D eigenvalue weighted by Crippen LogP contribution is -2.39. The van der Waals surface area contributed by atoms with Crippen LogP contribution in [-0.4, -0.2) is 47.6 Å². The SMILES string of the molecule is Cc1ccc2[nH]c(C)c(CC(=O)NC3CCN(CC(F)(F)F)C3)c2c1. The second kappa shape index (κ2) is 6.71. The third kappa shape index (κ3) is 4.34. The van der Waals surface area contributed by atoms with Crippen molar-refractivity contribution >= 4 is 16.8 Å². The number of alkyl halides is 3. The standard InChI is InChI=1S/C18H22F3N3O/c1-11-3-4-16-15(7-11)14(12(2)22-16)8-17(25)23-13-5-6-24(9-13)10-18(19,20)21/h3-4,7,13,22H,5-6,8-10H2,1-2H3,(H,23,25). The molecule has 1 aliphatic rings. The number of likely N-dealkylation sites (tertiary alicyclic amines) is 1. The van der Waals surface area contributed by atoms with Crippen molar-refractivity contribution in [1.29, 1.82) is 0 Å². The molecule has 1 fully saturated rings. The Morgan fingerprint density at radius 1 is 1.36 bits per heavy atom. The number of carbonyl (C=O) groups is 1. The zero-order valence-electron chi connectivity index (χ0n) is 14.3. The molecule has 4 nitrogen and oxygen atoms in total. The van der Waals surface area contributed by atoms with Gasteiger partial charge in [-0.1, -0.05) is 11.6 Å². The van der Waals surface area contributed by atoms with Gasteiger partial charge in [0, 0.05) is 35.7 Å². The number of benzene rings is 1. The Morgan fingerprint density at radius 2 is 2.12 bits per heavy atom. The van der Waals surface area contributed by atoms with E-state index in [-0.39, 0.29) is 24.9 Å². The molecule has 25 heavy (non-hydrogen) atoms. The molecule has 1 unspecified atom stereocenters. The highest BCUT2D eigenvalue weighted by molar-refractivity contribution is 5.90. The van der Waals surface area contributed by atoms with E-state index in [4.69, 9.17) is 0 Å². The Morgan fingerprint density at radius 3 is 2.84 bits per heavy atom. The molecular weight excluding hydrogens is 331 g/mol. The van der Waals surface area contributed by atoms with E-state index in [1.54, 1.807) is 0 Å². The number of amides is 1. The van der Waals surface area contributed by atoms with Crippen LogP contribution in [0.4, 0.5) is 13.2 Å². The van der Waals surface area contributed by atoms with Crippen LogP contribution in [0.5, 0.6) is 0 Å². The fraction of sp³-hybridized carbons (Fsp3) is 0.500. The minimum atomic E-state index is -4.20. The van der Waals surface area contributed by atoms with Crippen LogP contribution in [0.3, 0.4) is 0 Å². The summed E-state index contributed by atoms with van der Waals surface area (Å²) in [7, 11) is 0. The van der Waals surface area contributed by atoms with Crippen LogP contribution < -0.4 is 5.32 Å². The van der Waals surface area contributed by atoms with Gasteiger partial charge in [-0.25, -0.2) is 0 Å². The van der Waals surface area contributed by atoms with Crippen molar-refractivity contribution in [3.05, 3.63) is 35.0 Å². The lowest BCUT2D eigenvalue weighted by Gasteiger charge is -2.18. The van der Waals surface area contributed by atoms with Crippen LogP contribution in [0.1, 0.15) is 23.2 Å². The number of fused-ring (bicyclic) bond motifs is 1. The van der Waals surface area contributed by atoms with Gasteiger partial charge >= 0.3 is 6.18 Å². The number of carbonyl (C=O) groups excluding carboxylic acids is 1. The van der Waals surface area contributed by atoms with Gasteiger partial charge in [0.2, 0.25) is 5.91 Å². The van der Waals surface area contributed by atoms with Crippen LogP contribution in [0.2, 0.25) is 0 Å². The molecule has 2 N–H and O–H groups in total. The number of aromatic amines is 1. The molecule has 1 amide bonds. The molecule has 2 aromatic rings. The number of rotatable bonds is 4. The van der Waals surface area contributed by atoms with Crippen molar-refractivity contribution < 1.29 is 18.0 Å². The average molecular weight is 353 g/mol. The van der Waals surface area contributed by atoms with Crippen molar-refractivity contribution in [2.24, 2.45) is 0 Å². The van der Waals surface area contributed by atoms with Gasteiger partial charge in [-0.05, 0) is 38.0 Å². The second-order valence-corrected chi connectivity index (χ2v) is 6.86. The number of hydrogen-bond donors (Lipinski definition) is 2. The molecule has 0 saturated carbocycles. The third-order valence-corrected chi connectivity index (χ3v) is 4.65. The number of halogens is 3. The van der Waals surface area contributed by atoms with Gasteiger partial charge in [0.15, 0.2) is 0 Å². The smallest absolute Gasteiger partial charge is 0.358 e. The molecule has 7 heteroatoms. The molecule has 1 aromatic carbocycles. The van der Waals surface area contributed by atoms with Crippen LogP contribution in [0.15, 0.2) is 18.2 Å². The van der Waals surface area contributed by atoms with Gasteiger partial charge in [-0.15, -0.1) is 0 Å². The third-order valence-electron chi connectivity index (χ3n) is 4.65. The maximum atomic E-state index is 12.4. The average Bonchev–Trinajstić information content (AvgIpc) is 3.03. The first kappa shape index (κ1) is 17.8. The maximum Gasteiger partial charge on any atom is 0.401 e. The van der Waals surface area contributed by atoms with Gasteiger partial charge in [-0.2, -0.15) is 13.2 Å². The van der Waals surface area contributed by atoms with Gasteiger partial charge in [0.05, 0.1) is 13.0 Å². The van der Waals surface area contributed by atoms with Crippen molar-refractivity contribution in [2.45, 2.75) is 38.9 Å². The Kier molecular flexibility index (Phi) is 4.77. The molecule has 1 aromatic heterocycles. The van der Waals surface area contributed by atoms with E-state index in [2.05, 4.69) is 10.3 Å². The van der Waals surface area contributed by atoms with Crippen LogP contribution in [0, 0.1) is 13.8 Å². The largest absolute Gasteiger partial charge is 0.401 e. The predicted molar refractivity (Wildman–Crippen MR) is 90.5 cm³/mol. The Hall–Kier alpha value is -2.02. The van der Waals surface area contributed by atoms with Gasteiger partial charge in [0.25, 0.3) is 0 Å². The van der Waals surface area contributed by atoms with Crippen molar-refractivity contribution in [3.63, 3.8) is 0 Å². The Labute approximate surface area is 144 Å². The Balaban J connectivity index is 1.62. The van der Waals surface area contributed by atoms with Crippen LogP contribution >= 0.6 is 0 Å². The number of nitrogens with zero attached hydrogens (tertiary/aromatic N) is 1. The van der Waals surface area contributed by atoms with Crippen LogP contribution in [0.25, 0.3) is 10.9 Å². The maximum absolute atomic E-state index is 12.4. The summed E-state index contributed by atoms with van der Waals surface area (Å²) < 4.78 is 37.3. The van der Waals surface area contributed by atoms with E-state index in [0.717, 1.165) is 27.7 Å². The fourth-order valence-corrected chi connectivity index (χ4v) is 3.51. The fourth-order valence-electron chi connectivity index (χ4n) is 3.51. The lowest BCUT2D eigenvalue weighted by atomic mass is 10.1. The zero-order valence-corrected chi connectivity index (χ0v) is 14.3. The minimum Gasteiger partial charge on any atom is -0.358 e. The molecular formula is C18H22F3N3O. The van der Waals surface area contributed by atoms with Gasteiger partial charge in [0.1, 0.15) is 0 Å². The highest BCUT2D eigenvalue weighted by Crippen LogP contribution is 2.24. The van der Waals surface area contributed by atoms with Crippen LogP contribution in [-0.2, 0) is 11.2 Å². The topological polar surface area (TPSA) is 48.1 Å². The van der Waals surface area contributed by atoms with Crippen molar-refractivity contribution in [1.82, 2.24) is 15.2 Å². The summed E-state index contributed by atoms with van der Waals surface area (Å²) in [6.45, 7) is 3.62. The van der Waals surface area contributed by atoms with E-state index in [1.807, 2.05) is 32.0 Å². The number of aryl methyl sites for hydroxylation is 2. The quantitative estimate of drug-likeness (QED) is 0.887. The second-order valence-electron chi connectivity index (χ2n) is 6.86. The summed E-state index contributed by atoms with van der Waals surface area (Å²) in [5.41, 5.74) is 4.00. The van der Waals surface area contributed by atoms with Gasteiger partial charge < -0.3 is 10.3 Å². The molecule has 0 aliphatic carbocycles. The summed E-state index contributed by atoms with van der Waals surface area (Å²) in [5.74, 6) is -0.149. The summed E-state index contributed by atoms with van der Waals surface area (Å²) in [5, 5.41) is 3.90. The molecule has 0 radical (unpaired) electrons. The monoisotopic (exact) mass is 353 g/mol. The molecule has 1 atom stereocenters. The molecule has 0 bridgehead atoms. The first-order valence-corrected chi connectivity index (χ1v) is 8.37. The highest BCUT2D eigenvalue weighted by Gasteiger charge is 2.34. The van der Waals surface area contributed by atoms with Gasteiger partial charge in [-0.3, -0.25) is 9.69 Å². The number of H-pyrrole nitrogens is 1. The summed E-state index contributed by atoms with van der Waals surface area (Å²) in [6.07, 6.45) is -3.42. The number of nitrogens with one attached hydrogen (secondary N) is 2. The first-order chi connectivity index (χ1) is 11.7. The summed E-state index contributed by atoms with van der Waals surface area (Å²) in [6, 6.07) is 5.82. The first-order valence-electron chi connectivity index (χ1n) is 8.37. The summed E-state index contributed by atoms with van der Waals surface area (Å²) in [4.78, 5) is 17.0. The van der Waals surface area contributed by atoms with E-state index < -0.39 is 12.7 Å². The van der Waals surface area contributed by atoms with E-state index in [0.29, 0.717) is 13.0 Å². The molecule has 1 aliphatic heterocycles. The highest BCUT2D eigenvalue weighted by atomic mass is 19.4. The van der Waals surface area contributed by atoms with E-state index >= 15 is 0 Å². The molecule has 136 valence electrons. The van der Waals surface area contributed by atoms with Crippen molar-refractivity contribution in [2.75, 3.05) is 19.6 Å². The molecule has 0 spiro atoms. The lowest BCUT2D eigenvalue weighted by molar-refractivity contribution is -0.143. The normalized spacial score (nSPS) is 18.8. The van der Waals surface area contributed by atoms with Crippen molar-refractivity contribution in [3.8, 4) is 0 Å². The molecule has 3 rings (SSSR count). The molecule has 1 saturated heterocycles. The molecule has 2 heterocycles. The van der Waals surface area contributed by atoms with E-state index in [1.165, 1.54) is 4.90 Å². The minimum absolute atomic E-state index is 0.149. The number of aromatic nitrogens is 1. The zero-order chi connectivity index (χ0) is 18.2. The number of hydrogen-bond acceptors (Lipinski definition) is 2. The predicted octanol–water partition coefficient (Wildman–Crippen LogP) is 3.08. The summed E-state index contributed by atoms with van der Waals surface area (Å²) >= 11 is 0. The Bertz CT molecular complexity index is 782.